The number of hydrogen-bond donors (Lipinski definition) is 0. The molecule has 2 aromatic carbocycles. The minimum Gasteiger partial charge on any atom is -0.489 e. The Balaban J connectivity index is 1.78. The van der Waals surface area contributed by atoms with E-state index in [0.717, 1.165) is 18.6 Å². The van der Waals surface area contributed by atoms with Crippen LogP contribution in [0, 0.1) is 0 Å². The monoisotopic (exact) mass is 334 g/mol. The van der Waals surface area contributed by atoms with Crippen molar-refractivity contribution in [3.63, 3.8) is 0 Å². The summed E-state index contributed by atoms with van der Waals surface area (Å²) in [6, 6.07) is 17.1. The van der Waals surface area contributed by atoms with E-state index in [0.29, 0.717) is 6.61 Å². The van der Waals surface area contributed by atoms with Crippen LogP contribution in [0.15, 0.2) is 67.3 Å². The lowest BCUT2D eigenvalue weighted by atomic mass is 10.1. The molecule has 2 rings (SSSR count). The van der Waals surface area contributed by atoms with Crippen molar-refractivity contribution in [2.24, 2.45) is 0 Å². The molecule has 1 nitrogen and oxygen atoms in total. The summed E-state index contributed by atoms with van der Waals surface area (Å²) in [6.07, 6.45) is 13.4. The van der Waals surface area contributed by atoms with Gasteiger partial charge in [0.1, 0.15) is 12.4 Å². The lowest BCUT2D eigenvalue weighted by Gasteiger charge is -2.08. The fourth-order valence-electron chi connectivity index (χ4n) is 2.66. The normalized spacial score (nSPS) is 10.9. The van der Waals surface area contributed by atoms with E-state index in [1.165, 1.54) is 42.4 Å². The summed E-state index contributed by atoms with van der Waals surface area (Å²) in [4.78, 5) is 0. The predicted molar refractivity (Wildman–Crippen MR) is 109 cm³/mol. The molecule has 0 aromatic heterocycles. The standard InChI is InChI=1S/C24H30O/c1-3-5-7-9-11-22-16-18-24(19-17-22)25-20-23-14-12-21(13-15-23)10-8-6-4-2/h3,9,11-19H,1,4-8,10,20H2,2H3. The van der Waals surface area contributed by atoms with E-state index in [2.05, 4.69) is 62.1 Å². The molecule has 1 heteroatoms. The second kappa shape index (κ2) is 11.3. The number of unbranched alkanes of at least 4 members (excludes halogenated alkanes) is 3. The highest BCUT2D eigenvalue weighted by atomic mass is 16.5. The third-order valence-electron chi connectivity index (χ3n) is 4.23. The number of benzene rings is 2. The Kier molecular flexibility index (Phi) is 8.61. The van der Waals surface area contributed by atoms with Crippen LogP contribution < -0.4 is 4.74 Å². The Morgan fingerprint density at radius 2 is 1.60 bits per heavy atom. The van der Waals surface area contributed by atoms with E-state index in [-0.39, 0.29) is 0 Å². The SMILES string of the molecule is C=CCCC=Cc1ccc(OCc2ccc(CCCCC)cc2)cc1. The highest BCUT2D eigenvalue weighted by molar-refractivity contribution is 5.50. The first kappa shape index (κ1) is 19.1. The van der Waals surface area contributed by atoms with Gasteiger partial charge >= 0.3 is 0 Å². The molecule has 132 valence electrons. The van der Waals surface area contributed by atoms with Crippen LogP contribution in [0.1, 0.15) is 55.7 Å². The van der Waals surface area contributed by atoms with Gasteiger partial charge in [-0.15, -0.1) is 6.58 Å². The zero-order chi connectivity index (χ0) is 17.7. The van der Waals surface area contributed by atoms with Crippen molar-refractivity contribution >= 4 is 6.08 Å². The Labute approximate surface area is 153 Å². The number of allylic oxidation sites excluding steroid dienone is 2. The number of hydrogen-bond acceptors (Lipinski definition) is 1. The molecule has 0 saturated carbocycles. The van der Waals surface area contributed by atoms with E-state index >= 15 is 0 Å². The van der Waals surface area contributed by atoms with Crippen molar-refractivity contribution in [2.45, 2.75) is 52.1 Å². The molecule has 0 aliphatic heterocycles. The van der Waals surface area contributed by atoms with Gasteiger partial charge in [-0.1, -0.05) is 74.4 Å². The first-order valence-electron chi connectivity index (χ1n) is 9.40. The topological polar surface area (TPSA) is 9.23 Å². The van der Waals surface area contributed by atoms with Gasteiger partial charge in [-0.2, -0.15) is 0 Å². The van der Waals surface area contributed by atoms with Crippen LogP contribution in [-0.2, 0) is 13.0 Å². The second-order valence-electron chi connectivity index (χ2n) is 6.40. The van der Waals surface area contributed by atoms with Gasteiger partial charge in [-0.25, -0.2) is 0 Å². The molecular weight excluding hydrogens is 304 g/mol. The third-order valence-corrected chi connectivity index (χ3v) is 4.23. The van der Waals surface area contributed by atoms with Crippen LogP contribution in [0.25, 0.3) is 6.08 Å². The quantitative estimate of drug-likeness (QED) is 0.318. The maximum Gasteiger partial charge on any atom is 0.119 e. The molecular formula is C24H30O. The van der Waals surface area contributed by atoms with Gasteiger partial charge in [0.25, 0.3) is 0 Å². The van der Waals surface area contributed by atoms with Gasteiger partial charge in [0, 0.05) is 0 Å². The molecule has 0 aliphatic rings. The largest absolute Gasteiger partial charge is 0.489 e. The van der Waals surface area contributed by atoms with Gasteiger partial charge in [-0.3, -0.25) is 0 Å². The minimum absolute atomic E-state index is 0.615. The first-order chi connectivity index (χ1) is 12.3. The van der Waals surface area contributed by atoms with Crippen LogP contribution in [-0.4, -0.2) is 0 Å². The maximum atomic E-state index is 5.89. The molecule has 0 N–H and O–H groups in total. The summed E-state index contributed by atoms with van der Waals surface area (Å²) in [5, 5.41) is 0. The average Bonchev–Trinajstić information content (AvgIpc) is 2.66. The molecule has 0 heterocycles. The van der Waals surface area contributed by atoms with Crippen molar-refractivity contribution in [3.05, 3.63) is 84.0 Å². The van der Waals surface area contributed by atoms with Crippen molar-refractivity contribution in [3.8, 4) is 5.75 Å². The van der Waals surface area contributed by atoms with Gasteiger partial charge in [-0.05, 0) is 54.5 Å². The molecule has 2 aromatic rings. The maximum absolute atomic E-state index is 5.89. The van der Waals surface area contributed by atoms with Crippen LogP contribution in [0.3, 0.4) is 0 Å². The van der Waals surface area contributed by atoms with Crippen LogP contribution in [0.5, 0.6) is 5.75 Å². The molecule has 0 aliphatic carbocycles. The molecule has 0 spiro atoms. The molecule has 0 atom stereocenters. The molecule has 0 fully saturated rings. The first-order valence-corrected chi connectivity index (χ1v) is 9.40. The summed E-state index contributed by atoms with van der Waals surface area (Å²) in [5.41, 5.74) is 3.84. The lowest BCUT2D eigenvalue weighted by Crippen LogP contribution is -1.96. The van der Waals surface area contributed by atoms with Crippen LogP contribution >= 0.6 is 0 Å². The van der Waals surface area contributed by atoms with Crippen molar-refractivity contribution < 1.29 is 4.74 Å². The summed E-state index contributed by atoms with van der Waals surface area (Å²) in [6.45, 7) is 6.59. The third kappa shape index (κ3) is 7.43. The molecule has 0 unspecified atom stereocenters. The second-order valence-corrected chi connectivity index (χ2v) is 6.40. The summed E-state index contributed by atoms with van der Waals surface area (Å²) >= 11 is 0. The summed E-state index contributed by atoms with van der Waals surface area (Å²) in [5.74, 6) is 0.912. The molecule has 0 radical (unpaired) electrons. The lowest BCUT2D eigenvalue weighted by molar-refractivity contribution is 0.306. The Morgan fingerprint density at radius 1 is 0.880 bits per heavy atom. The Hall–Kier alpha value is -2.28. The van der Waals surface area contributed by atoms with Gasteiger partial charge in [0.2, 0.25) is 0 Å². The average molecular weight is 335 g/mol. The summed E-state index contributed by atoms with van der Waals surface area (Å²) in [7, 11) is 0. The van der Waals surface area contributed by atoms with Gasteiger partial charge in [0.05, 0.1) is 0 Å². The van der Waals surface area contributed by atoms with Crippen LogP contribution in [0.4, 0.5) is 0 Å². The van der Waals surface area contributed by atoms with Crippen LogP contribution in [0.2, 0.25) is 0 Å². The van der Waals surface area contributed by atoms with E-state index in [1.807, 2.05) is 18.2 Å². The summed E-state index contributed by atoms with van der Waals surface area (Å²) < 4.78 is 5.89. The molecule has 25 heavy (non-hydrogen) atoms. The number of ether oxygens (including phenoxy) is 1. The zero-order valence-electron chi connectivity index (χ0n) is 15.4. The number of aryl methyl sites for hydroxylation is 1. The van der Waals surface area contributed by atoms with E-state index in [1.54, 1.807) is 0 Å². The fraction of sp³-hybridized carbons (Fsp3) is 0.333. The highest BCUT2D eigenvalue weighted by Gasteiger charge is 1.98. The predicted octanol–water partition coefficient (Wildman–Crippen LogP) is 6.98. The highest BCUT2D eigenvalue weighted by Crippen LogP contribution is 2.16. The zero-order valence-corrected chi connectivity index (χ0v) is 15.4. The Morgan fingerprint density at radius 3 is 2.28 bits per heavy atom. The minimum atomic E-state index is 0.615. The smallest absolute Gasteiger partial charge is 0.119 e. The van der Waals surface area contributed by atoms with Crippen molar-refractivity contribution in [2.75, 3.05) is 0 Å². The van der Waals surface area contributed by atoms with E-state index in [4.69, 9.17) is 4.74 Å². The van der Waals surface area contributed by atoms with E-state index in [9.17, 15) is 0 Å². The number of rotatable bonds is 11. The fourth-order valence-corrected chi connectivity index (χ4v) is 2.66. The molecule has 0 saturated heterocycles. The van der Waals surface area contributed by atoms with Gasteiger partial charge < -0.3 is 4.74 Å². The van der Waals surface area contributed by atoms with Gasteiger partial charge in [0.15, 0.2) is 0 Å². The van der Waals surface area contributed by atoms with E-state index < -0.39 is 0 Å². The van der Waals surface area contributed by atoms with Crippen molar-refractivity contribution in [1.82, 2.24) is 0 Å². The van der Waals surface area contributed by atoms with Crippen molar-refractivity contribution in [1.29, 1.82) is 0 Å². The molecule has 0 amide bonds. The Bertz CT molecular complexity index is 635. The molecule has 0 bridgehead atoms.